The van der Waals surface area contributed by atoms with Crippen molar-refractivity contribution in [3.63, 3.8) is 0 Å². The molecule has 21 heavy (non-hydrogen) atoms. The summed E-state index contributed by atoms with van der Waals surface area (Å²) in [5, 5.41) is 0. The number of methoxy groups -OCH3 is 2. The molecule has 0 saturated carbocycles. The second-order valence-electron chi connectivity index (χ2n) is 5.12. The molecule has 1 aromatic rings. The van der Waals surface area contributed by atoms with Crippen molar-refractivity contribution in [3.8, 4) is 11.5 Å². The number of hydrogen-bond acceptors (Lipinski definition) is 5. The lowest BCUT2D eigenvalue weighted by molar-refractivity contribution is 0.0811. The number of ketones is 2. The fraction of sp³-hybridized carbons (Fsp3) is 0.312. The number of carbonyl (C=O) groups is 2. The molecular weight excluding hydrogens is 270 g/mol. The highest BCUT2D eigenvalue weighted by molar-refractivity contribution is 6.22. The third-order valence-electron chi connectivity index (χ3n) is 3.90. The van der Waals surface area contributed by atoms with Gasteiger partial charge in [0.25, 0.3) is 0 Å². The molecule has 0 saturated heterocycles. The van der Waals surface area contributed by atoms with Gasteiger partial charge in [0.15, 0.2) is 11.6 Å². The van der Waals surface area contributed by atoms with Gasteiger partial charge in [-0.05, 0) is 13.0 Å². The minimum absolute atomic E-state index is 0.0997. The summed E-state index contributed by atoms with van der Waals surface area (Å²) in [6, 6.07) is 3.22. The van der Waals surface area contributed by atoms with Crippen LogP contribution in [0.3, 0.4) is 0 Å². The number of fused-ring (bicyclic) bond motifs is 2. The van der Waals surface area contributed by atoms with Crippen molar-refractivity contribution in [1.82, 2.24) is 0 Å². The predicted octanol–water partition coefficient (Wildman–Crippen LogP) is 2.30. The van der Waals surface area contributed by atoms with Crippen molar-refractivity contribution in [1.29, 1.82) is 0 Å². The first-order valence-corrected chi connectivity index (χ1v) is 6.64. The minimum Gasteiger partial charge on any atom is -0.497 e. The highest BCUT2D eigenvalue weighted by atomic mass is 16.5. The summed E-state index contributed by atoms with van der Waals surface area (Å²) in [5.41, 5.74) is 1.43. The Labute approximate surface area is 122 Å². The van der Waals surface area contributed by atoms with Crippen LogP contribution in [0, 0.1) is 11.8 Å². The summed E-state index contributed by atoms with van der Waals surface area (Å²) in [4.78, 5) is 29.6. The number of rotatable bonds is 2. The second-order valence-corrected chi connectivity index (χ2v) is 5.12. The number of hydrogen-bond donors (Lipinski definition) is 0. The Kier molecular flexibility index (Phi) is 3.12. The number of allylic oxidation sites excluding steroid dienone is 2. The smallest absolute Gasteiger partial charge is 0.176 e. The average molecular weight is 285 g/mol. The van der Waals surface area contributed by atoms with Gasteiger partial charge in [0.2, 0.25) is 0 Å². The molecule has 108 valence electrons. The molecule has 5 heteroatoms. The average Bonchev–Trinajstić information content (AvgIpc) is 2.51. The van der Waals surface area contributed by atoms with E-state index in [-0.39, 0.29) is 11.6 Å². The Bertz CT molecular complexity index is 702. The molecule has 3 rings (SSSR count). The maximum absolute atomic E-state index is 12.7. The first-order chi connectivity index (χ1) is 10.1. The molecule has 0 aromatic heterocycles. The van der Waals surface area contributed by atoms with E-state index >= 15 is 0 Å². The molecule has 0 fully saturated rings. The zero-order chi connectivity index (χ0) is 15.1. The summed E-state index contributed by atoms with van der Waals surface area (Å²) >= 11 is 0. The zero-order valence-corrected chi connectivity index (χ0v) is 12.0. The molecular formula is C16H15NO4. The normalized spacial score (nSPS) is 23.3. The van der Waals surface area contributed by atoms with E-state index in [9.17, 15) is 9.59 Å². The molecule has 0 bridgehead atoms. The quantitative estimate of drug-likeness (QED) is 0.836. The van der Waals surface area contributed by atoms with E-state index in [4.69, 9.17) is 9.47 Å². The summed E-state index contributed by atoms with van der Waals surface area (Å²) in [6.07, 6.45) is 3.31. The Hall–Kier alpha value is -2.43. The number of benzene rings is 1. The van der Waals surface area contributed by atoms with Crippen LogP contribution in [-0.4, -0.2) is 32.0 Å². The van der Waals surface area contributed by atoms with Crippen LogP contribution < -0.4 is 9.47 Å². The van der Waals surface area contributed by atoms with E-state index in [1.807, 2.05) is 6.92 Å². The van der Waals surface area contributed by atoms with Gasteiger partial charge in [-0.25, -0.2) is 0 Å². The Morgan fingerprint density at radius 2 is 1.81 bits per heavy atom. The first-order valence-electron chi connectivity index (χ1n) is 6.64. The van der Waals surface area contributed by atoms with Crippen LogP contribution in [0.25, 0.3) is 0 Å². The van der Waals surface area contributed by atoms with E-state index in [2.05, 4.69) is 4.99 Å². The number of Topliss-reactive ketones (excluding diaryl/α,β-unsaturated/α-hetero) is 2. The molecule has 1 aromatic carbocycles. The summed E-state index contributed by atoms with van der Waals surface area (Å²) in [7, 11) is 2.98. The lowest BCUT2D eigenvalue weighted by Gasteiger charge is -2.29. The second kappa shape index (κ2) is 4.84. The van der Waals surface area contributed by atoms with Crippen LogP contribution in [0.5, 0.6) is 11.5 Å². The summed E-state index contributed by atoms with van der Waals surface area (Å²) < 4.78 is 10.4. The molecule has 0 N–H and O–H groups in total. The molecule has 2 aliphatic rings. The topological polar surface area (TPSA) is 65.0 Å². The van der Waals surface area contributed by atoms with Crippen molar-refractivity contribution < 1.29 is 19.1 Å². The monoisotopic (exact) mass is 285 g/mol. The SMILES string of the molecule is COc1cc(OC)c2c(c1)C(=O)C1C=C(C)N=CC1C2=O. The van der Waals surface area contributed by atoms with Crippen LogP contribution in [0.15, 0.2) is 28.9 Å². The first kappa shape index (κ1) is 13.5. The van der Waals surface area contributed by atoms with Crippen molar-refractivity contribution in [2.24, 2.45) is 16.8 Å². The number of ether oxygens (including phenoxy) is 2. The fourth-order valence-electron chi connectivity index (χ4n) is 2.83. The molecule has 2 unspecified atom stereocenters. The molecule has 1 heterocycles. The lowest BCUT2D eigenvalue weighted by atomic mass is 9.73. The van der Waals surface area contributed by atoms with E-state index in [0.29, 0.717) is 22.6 Å². The van der Waals surface area contributed by atoms with E-state index in [0.717, 1.165) is 5.70 Å². The van der Waals surface area contributed by atoms with Crippen LogP contribution in [0.4, 0.5) is 0 Å². The van der Waals surface area contributed by atoms with Crippen LogP contribution in [0.1, 0.15) is 27.6 Å². The maximum atomic E-state index is 12.7. The fourth-order valence-corrected chi connectivity index (χ4v) is 2.83. The maximum Gasteiger partial charge on any atom is 0.176 e. The Balaban J connectivity index is 2.23. The van der Waals surface area contributed by atoms with Gasteiger partial charge >= 0.3 is 0 Å². The van der Waals surface area contributed by atoms with Gasteiger partial charge in [-0.2, -0.15) is 0 Å². The van der Waals surface area contributed by atoms with Gasteiger partial charge in [-0.3, -0.25) is 14.6 Å². The molecule has 1 aliphatic carbocycles. The standard InChI is InChI=1S/C16H15NO4/c1-8-4-10-12(7-17-8)16(19)14-11(15(10)18)5-9(20-2)6-13(14)21-3/h4-7,10,12H,1-3H3. The lowest BCUT2D eigenvalue weighted by Crippen LogP contribution is -2.38. The number of aliphatic imine (C=N–C) groups is 1. The van der Waals surface area contributed by atoms with Gasteiger partial charge in [-0.15, -0.1) is 0 Å². The van der Waals surface area contributed by atoms with Gasteiger partial charge in [0.05, 0.1) is 31.6 Å². The molecule has 0 amide bonds. The number of nitrogens with zero attached hydrogens (tertiary/aromatic N) is 1. The Morgan fingerprint density at radius 3 is 2.48 bits per heavy atom. The minimum atomic E-state index is -0.545. The van der Waals surface area contributed by atoms with Crippen molar-refractivity contribution >= 4 is 17.8 Å². The molecule has 0 spiro atoms. The van der Waals surface area contributed by atoms with Gasteiger partial charge in [-0.1, -0.05) is 6.08 Å². The van der Waals surface area contributed by atoms with E-state index in [1.54, 1.807) is 24.4 Å². The van der Waals surface area contributed by atoms with Crippen molar-refractivity contribution in [2.45, 2.75) is 6.92 Å². The highest BCUT2D eigenvalue weighted by Gasteiger charge is 2.42. The van der Waals surface area contributed by atoms with Crippen LogP contribution >= 0.6 is 0 Å². The third kappa shape index (κ3) is 1.96. The third-order valence-corrected chi connectivity index (χ3v) is 3.90. The summed E-state index contributed by atoms with van der Waals surface area (Å²) in [6.45, 7) is 1.81. The predicted molar refractivity (Wildman–Crippen MR) is 77.4 cm³/mol. The van der Waals surface area contributed by atoms with Gasteiger partial charge in [0, 0.05) is 23.5 Å². The molecule has 1 aliphatic heterocycles. The van der Waals surface area contributed by atoms with Crippen molar-refractivity contribution in [3.05, 3.63) is 35.0 Å². The summed E-state index contributed by atoms with van der Waals surface area (Å²) in [5.74, 6) is -0.412. The Morgan fingerprint density at radius 1 is 1.05 bits per heavy atom. The van der Waals surface area contributed by atoms with E-state index < -0.39 is 11.8 Å². The van der Waals surface area contributed by atoms with Crippen LogP contribution in [-0.2, 0) is 0 Å². The van der Waals surface area contributed by atoms with Crippen LogP contribution in [0.2, 0.25) is 0 Å². The van der Waals surface area contributed by atoms with Gasteiger partial charge in [0.1, 0.15) is 11.5 Å². The molecule has 0 radical (unpaired) electrons. The molecule has 2 atom stereocenters. The van der Waals surface area contributed by atoms with Gasteiger partial charge < -0.3 is 9.47 Å². The van der Waals surface area contributed by atoms with Crippen molar-refractivity contribution in [2.75, 3.05) is 14.2 Å². The highest BCUT2D eigenvalue weighted by Crippen LogP contribution is 2.39. The largest absolute Gasteiger partial charge is 0.497 e. The number of carbonyl (C=O) groups excluding carboxylic acids is 2. The molecule has 5 nitrogen and oxygen atoms in total. The van der Waals surface area contributed by atoms with E-state index in [1.165, 1.54) is 14.2 Å². The zero-order valence-electron chi connectivity index (χ0n) is 12.0.